The van der Waals surface area contributed by atoms with Crippen LogP contribution >= 0.6 is 0 Å². The van der Waals surface area contributed by atoms with E-state index in [1.165, 1.54) is 16.4 Å². The standard InChI is InChI=1S/C13H19N3O4S/c1-2-14-12-7-6-11(16(17)18)10-13(12)21(19,20)15-8-4-3-5-9-15/h6-7,10,14H,2-5,8-9H2,1H3. The van der Waals surface area contributed by atoms with Crippen molar-refractivity contribution in [2.45, 2.75) is 31.1 Å². The molecule has 1 aromatic carbocycles. The van der Waals surface area contributed by atoms with Crippen LogP contribution in [0, 0.1) is 10.1 Å². The number of nitro benzene ring substituents is 1. The molecule has 8 heteroatoms. The number of rotatable bonds is 5. The largest absolute Gasteiger partial charge is 0.384 e. The van der Waals surface area contributed by atoms with Crippen LogP contribution in [0.4, 0.5) is 11.4 Å². The molecule has 0 unspecified atom stereocenters. The van der Waals surface area contributed by atoms with E-state index in [-0.39, 0.29) is 10.6 Å². The monoisotopic (exact) mass is 313 g/mol. The molecule has 0 atom stereocenters. The maximum absolute atomic E-state index is 12.7. The van der Waals surface area contributed by atoms with Crippen LogP contribution in [0.1, 0.15) is 26.2 Å². The maximum Gasteiger partial charge on any atom is 0.270 e. The Kier molecular flexibility index (Phi) is 4.79. The average Bonchev–Trinajstić information content (AvgIpc) is 2.48. The van der Waals surface area contributed by atoms with Crippen LogP contribution in [0.5, 0.6) is 0 Å². The lowest BCUT2D eigenvalue weighted by atomic mass is 10.2. The van der Waals surface area contributed by atoms with Gasteiger partial charge in [-0.2, -0.15) is 4.31 Å². The molecule has 1 aliphatic rings. The lowest BCUT2D eigenvalue weighted by Gasteiger charge is -2.26. The van der Waals surface area contributed by atoms with Crippen molar-refractivity contribution in [3.8, 4) is 0 Å². The number of piperidine rings is 1. The Bertz CT molecular complexity index is 624. The van der Waals surface area contributed by atoms with Gasteiger partial charge in [-0.3, -0.25) is 10.1 Å². The number of nitro groups is 1. The molecular formula is C13H19N3O4S. The molecule has 0 amide bonds. The Balaban J connectivity index is 2.47. The molecule has 0 saturated carbocycles. The Morgan fingerprint density at radius 2 is 1.95 bits per heavy atom. The van der Waals surface area contributed by atoms with Gasteiger partial charge in [0.05, 0.1) is 10.6 Å². The van der Waals surface area contributed by atoms with Crippen LogP contribution in [0.25, 0.3) is 0 Å². The third-order valence-electron chi connectivity index (χ3n) is 3.48. The van der Waals surface area contributed by atoms with Crippen molar-refractivity contribution >= 4 is 21.4 Å². The molecule has 1 N–H and O–H groups in total. The van der Waals surface area contributed by atoms with E-state index in [1.807, 2.05) is 6.92 Å². The van der Waals surface area contributed by atoms with Crippen LogP contribution in [-0.4, -0.2) is 37.3 Å². The minimum absolute atomic E-state index is 0.0135. The van der Waals surface area contributed by atoms with Gasteiger partial charge in [-0.15, -0.1) is 0 Å². The number of hydrogen-bond donors (Lipinski definition) is 1. The van der Waals surface area contributed by atoms with Crippen LogP contribution in [-0.2, 0) is 10.0 Å². The Morgan fingerprint density at radius 3 is 2.52 bits per heavy atom. The molecule has 0 aliphatic carbocycles. The van der Waals surface area contributed by atoms with Gasteiger partial charge in [-0.1, -0.05) is 6.42 Å². The summed E-state index contributed by atoms with van der Waals surface area (Å²) in [5, 5.41) is 13.9. The number of nitrogens with zero attached hydrogens (tertiary/aromatic N) is 2. The predicted octanol–water partition coefficient (Wildman–Crippen LogP) is 2.20. The molecule has 21 heavy (non-hydrogen) atoms. The highest BCUT2D eigenvalue weighted by atomic mass is 32.2. The van der Waals surface area contributed by atoms with Crippen molar-refractivity contribution in [3.63, 3.8) is 0 Å². The van der Waals surface area contributed by atoms with E-state index in [2.05, 4.69) is 5.32 Å². The van der Waals surface area contributed by atoms with Gasteiger partial charge >= 0.3 is 0 Å². The summed E-state index contributed by atoms with van der Waals surface area (Å²) >= 11 is 0. The van der Waals surface area contributed by atoms with E-state index < -0.39 is 14.9 Å². The molecule has 1 aromatic rings. The Labute approximate surface area is 124 Å². The molecule has 2 rings (SSSR count). The highest BCUT2D eigenvalue weighted by Gasteiger charge is 2.29. The summed E-state index contributed by atoms with van der Waals surface area (Å²) in [7, 11) is -3.70. The van der Waals surface area contributed by atoms with Gasteiger partial charge in [0.15, 0.2) is 0 Å². The number of anilines is 1. The molecule has 0 aromatic heterocycles. The van der Waals surface area contributed by atoms with E-state index in [0.717, 1.165) is 25.3 Å². The molecule has 1 aliphatic heterocycles. The Morgan fingerprint density at radius 1 is 1.29 bits per heavy atom. The first-order valence-electron chi connectivity index (χ1n) is 6.99. The number of nitrogens with one attached hydrogen (secondary N) is 1. The predicted molar refractivity (Wildman–Crippen MR) is 79.9 cm³/mol. The summed E-state index contributed by atoms with van der Waals surface area (Å²) in [5.41, 5.74) is 0.195. The number of sulfonamides is 1. The summed E-state index contributed by atoms with van der Waals surface area (Å²) < 4.78 is 26.9. The molecule has 0 bridgehead atoms. The second kappa shape index (κ2) is 6.40. The van der Waals surface area contributed by atoms with Crippen molar-refractivity contribution in [1.29, 1.82) is 0 Å². The van der Waals surface area contributed by atoms with E-state index >= 15 is 0 Å². The van der Waals surface area contributed by atoms with Gasteiger partial charge < -0.3 is 5.32 Å². The van der Waals surface area contributed by atoms with Crippen LogP contribution in [0.3, 0.4) is 0 Å². The van der Waals surface area contributed by atoms with Gasteiger partial charge in [-0.25, -0.2) is 8.42 Å². The molecule has 0 spiro atoms. The van der Waals surface area contributed by atoms with Crippen LogP contribution in [0.2, 0.25) is 0 Å². The summed E-state index contributed by atoms with van der Waals surface area (Å²) in [6.45, 7) is 3.33. The zero-order valence-corrected chi connectivity index (χ0v) is 12.7. The van der Waals surface area contributed by atoms with E-state index in [1.54, 1.807) is 0 Å². The van der Waals surface area contributed by atoms with E-state index in [4.69, 9.17) is 0 Å². The zero-order chi connectivity index (χ0) is 15.5. The molecular weight excluding hydrogens is 294 g/mol. The zero-order valence-electron chi connectivity index (χ0n) is 11.9. The minimum atomic E-state index is -3.70. The fourth-order valence-corrected chi connectivity index (χ4v) is 4.12. The van der Waals surface area contributed by atoms with Crippen LogP contribution in [0.15, 0.2) is 23.1 Å². The van der Waals surface area contributed by atoms with E-state index in [9.17, 15) is 18.5 Å². The van der Waals surface area contributed by atoms with Gasteiger partial charge in [0, 0.05) is 31.8 Å². The Hall–Kier alpha value is -1.67. The molecule has 1 heterocycles. The minimum Gasteiger partial charge on any atom is -0.384 e. The van der Waals surface area contributed by atoms with Crippen molar-refractivity contribution < 1.29 is 13.3 Å². The van der Waals surface area contributed by atoms with Crippen molar-refractivity contribution in [2.24, 2.45) is 0 Å². The lowest BCUT2D eigenvalue weighted by molar-refractivity contribution is -0.385. The van der Waals surface area contributed by atoms with Crippen molar-refractivity contribution in [3.05, 3.63) is 28.3 Å². The normalized spacial score (nSPS) is 16.6. The number of non-ortho nitro benzene ring substituents is 1. The first-order chi connectivity index (χ1) is 9.96. The lowest BCUT2D eigenvalue weighted by Crippen LogP contribution is -2.36. The highest BCUT2D eigenvalue weighted by Crippen LogP contribution is 2.30. The first-order valence-corrected chi connectivity index (χ1v) is 8.43. The fraction of sp³-hybridized carbons (Fsp3) is 0.538. The quantitative estimate of drug-likeness (QED) is 0.664. The summed E-state index contributed by atoms with van der Waals surface area (Å²) in [4.78, 5) is 10.3. The van der Waals surface area contributed by atoms with Crippen molar-refractivity contribution in [2.75, 3.05) is 25.0 Å². The second-order valence-electron chi connectivity index (χ2n) is 4.93. The summed E-state index contributed by atoms with van der Waals surface area (Å²) in [5.74, 6) is 0. The van der Waals surface area contributed by atoms with Gasteiger partial charge in [0.1, 0.15) is 4.90 Å². The average molecular weight is 313 g/mol. The number of hydrogen-bond acceptors (Lipinski definition) is 5. The smallest absolute Gasteiger partial charge is 0.270 e. The molecule has 116 valence electrons. The molecule has 0 radical (unpaired) electrons. The first kappa shape index (κ1) is 15.7. The van der Waals surface area contributed by atoms with E-state index in [0.29, 0.717) is 25.3 Å². The number of benzene rings is 1. The SMILES string of the molecule is CCNc1ccc([N+](=O)[O-])cc1S(=O)(=O)N1CCCCC1. The summed E-state index contributed by atoms with van der Waals surface area (Å²) in [6, 6.07) is 3.91. The highest BCUT2D eigenvalue weighted by molar-refractivity contribution is 7.89. The van der Waals surface area contributed by atoms with Gasteiger partial charge in [0.2, 0.25) is 10.0 Å². The molecule has 7 nitrogen and oxygen atoms in total. The second-order valence-corrected chi connectivity index (χ2v) is 6.84. The van der Waals surface area contributed by atoms with Gasteiger partial charge in [-0.05, 0) is 25.8 Å². The molecule has 1 saturated heterocycles. The van der Waals surface area contributed by atoms with Crippen LogP contribution < -0.4 is 5.32 Å². The summed E-state index contributed by atoms with van der Waals surface area (Å²) in [6.07, 6.45) is 2.66. The maximum atomic E-state index is 12.7. The third-order valence-corrected chi connectivity index (χ3v) is 5.41. The molecule has 1 fully saturated rings. The topological polar surface area (TPSA) is 92.5 Å². The van der Waals surface area contributed by atoms with Crippen molar-refractivity contribution in [1.82, 2.24) is 4.31 Å². The third kappa shape index (κ3) is 3.33. The van der Waals surface area contributed by atoms with Gasteiger partial charge in [0.25, 0.3) is 5.69 Å². The fourth-order valence-electron chi connectivity index (χ4n) is 2.42.